The molecule has 21 heavy (non-hydrogen) atoms. The number of hydrogen-bond acceptors (Lipinski definition) is 3. The average Bonchev–Trinajstić information content (AvgIpc) is 2.90. The Balaban J connectivity index is 0.00000400. The molecule has 0 bridgehead atoms. The normalized spacial score (nSPS) is 18.3. The van der Waals surface area contributed by atoms with E-state index in [0.29, 0.717) is 11.2 Å². The number of nitrogens with one attached hydrogen (secondary N) is 2. The third kappa shape index (κ3) is 9.44. The van der Waals surface area contributed by atoms with Crippen molar-refractivity contribution in [3.8, 4) is 0 Å². The Morgan fingerprint density at radius 2 is 2.10 bits per heavy atom. The summed E-state index contributed by atoms with van der Waals surface area (Å²) in [5, 5.41) is 7.33. The molecule has 0 spiro atoms. The second-order valence-corrected chi connectivity index (χ2v) is 7.15. The van der Waals surface area contributed by atoms with E-state index in [4.69, 9.17) is 0 Å². The lowest BCUT2D eigenvalue weighted by Gasteiger charge is -2.17. The first-order valence-corrected chi connectivity index (χ1v) is 8.38. The zero-order valence-electron chi connectivity index (χ0n) is 13.5. The minimum atomic E-state index is 0. The summed E-state index contributed by atoms with van der Waals surface area (Å²) in [7, 11) is 3.50. The highest BCUT2D eigenvalue weighted by atomic mass is 127. The van der Waals surface area contributed by atoms with E-state index in [1.165, 1.54) is 18.6 Å². The number of halogens is 1. The van der Waals surface area contributed by atoms with Crippen LogP contribution in [0.1, 0.15) is 26.7 Å². The van der Waals surface area contributed by atoms with Crippen molar-refractivity contribution in [3.05, 3.63) is 0 Å². The Bertz CT molecular complexity index is 331. The lowest BCUT2D eigenvalue weighted by atomic mass is 10.2. The van der Waals surface area contributed by atoms with Crippen molar-refractivity contribution in [3.63, 3.8) is 0 Å². The lowest BCUT2D eigenvalue weighted by Crippen LogP contribution is -2.42. The molecule has 0 saturated carbocycles. The van der Waals surface area contributed by atoms with Gasteiger partial charge in [0.25, 0.3) is 0 Å². The van der Waals surface area contributed by atoms with Crippen LogP contribution in [-0.2, 0) is 4.79 Å². The summed E-state index contributed by atoms with van der Waals surface area (Å²) in [6.45, 7) is 6.29. The zero-order valence-corrected chi connectivity index (χ0v) is 16.7. The van der Waals surface area contributed by atoms with Gasteiger partial charge >= 0.3 is 0 Å². The van der Waals surface area contributed by atoms with Gasteiger partial charge in [-0.2, -0.15) is 11.8 Å². The fraction of sp³-hybridized carbons (Fsp3) is 0.857. The van der Waals surface area contributed by atoms with E-state index in [-0.39, 0.29) is 36.4 Å². The molecule has 0 aliphatic carbocycles. The number of aliphatic imine (C=N–C) groups is 1. The smallest absolute Gasteiger partial charge is 0.243 e. The molecule has 1 aliphatic heterocycles. The van der Waals surface area contributed by atoms with Crippen LogP contribution in [0, 0.1) is 5.92 Å². The molecule has 0 aromatic carbocycles. The molecule has 2 N–H and O–H groups in total. The van der Waals surface area contributed by atoms with Crippen LogP contribution in [-0.4, -0.2) is 61.5 Å². The summed E-state index contributed by atoms with van der Waals surface area (Å²) in [6.07, 6.45) is 2.58. The van der Waals surface area contributed by atoms with Crippen molar-refractivity contribution < 1.29 is 4.79 Å². The van der Waals surface area contributed by atoms with E-state index >= 15 is 0 Å². The van der Waals surface area contributed by atoms with Gasteiger partial charge in [-0.15, -0.1) is 24.0 Å². The number of thioether (sulfide) groups is 1. The molecule has 5 nitrogen and oxygen atoms in total. The third-order valence-electron chi connectivity index (χ3n) is 3.07. The minimum Gasteiger partial charge on any atom is -0.356 e. The predicted molar refractivity (Wildman–Crippen MR) is 103 cm³/mol. The fourth-order valence-electron chi connectivity index (χ4n) is 1.78. The summed E-state index contributed by atoms with van der Waals surface area (Å²) in [5.74, 6) is 2.58. The van der Waals surface area contributed by atoms with E-state index in [9.17, 15) is 4.79 Å². The Morgan fingerprint density at radius 3 is 2.62 bits per heavy atom. The van der Waals surface area contributed by atoms with Crippen molar-refractivity contribution in [2.45, 2.75) is 31.9 Å². The van der Waals surface area contributed by atoms with Crippen molar-refractivity contribution in [2.24, 2.45) is 10.9 Å². The highest BCUT2D eigenvalue weighted by Crippen LogP contribution is 2.25. The lowest BCUT2D eigenvalue weighted by molar-refractivity contribution is -0.127. The molecular formula is C14H29IN4OS. The van der Waals surface area contributed by atoms with Gasteiger partial charge in [-0.3, -0.25) is 4.79 Å². The van der Waals surface area contributed by atoms with E-state index in [2.05, 4.69) is 29.5 Å². The molecule has 1 fully saturated rings. The number of likely N-dealkylation sites (N-methyl/N-ethyl adjacent to an activating group) is 1. The van der Waals surface area contributed by atoms with Gasteiger partial charge in [0.05, 0.1) is 0 Å². The van der Waals surface area contributed by atoms with Gasteiger partial charge in [-0.25, -0.2) is 4.99 Å². The van der Waals surface area contributed by atoms with Gasteiger partial charge in [0.2, 0.25) is 5.91 Å². The van der Waals surface area contributed by atoms with Crippen LogP contribution in [0.4, 0.5) is 0 Å². The number of hydrogen-bond donors (Lipinski definition) is 2. The van der Waals surface area contributed by atoms with Gasteiger partial charge in [0, 0.05) is 32.4 Å². The van der Waals surface area contributed by atoms with Crippen LogP contribution in [0.3, 0.4) is 0 Å². The van der Waals surface area contributed by atoms with Crippen molar-refractivity contribution in [2.75, 3.05) is 39.5 Å². The number of nitrogens with zero attached hydrogens (tertiary/aromatic N) is 2. The molecule has 1 saturated heterocycles. The van der Waals surface area contributed by atoms with E-state index in [0.717, 1.165) is 19.0 Å². The number of carbonyl (C=O) groups is 1. The van der Waals surface area contributed by atoms with Gasteiger partial charge in [-0.1, -0.05) is 13.8 Å². The Kier molecular flexibility index (Phi) is 11.3. The summed E-state index contributed by atoms with van der Waals surface area (Å²) in [5.41, 5.74) is 0. The minimum absolute atomic E-state index is 0. The summed E-state index contributed by atoms with van der Waals surface area (Å²) >= 11 is 2.02. The molecule has 1 aliphatic rings. The Hall–Kier alpha value is -0.180. The highest BCUT2D eigenvalue weighted by molar-refractivity contribution is 14.0. The van der Waals surface area contributed by atoms with Crippen LogP contribution in [0.2, 0.25) is 0 Å². The van der Waals surface area contributed by atoms with E-state index in [1.54, 1.807) is 19.0 Å². The van der Waals surface area contributed by atoms with E-state index < -0.39 is 0 Å². The van der Waals surface area contributed by atoms with Crippen molar-refractivity contribution >= 4 is 47.6 Å². The SMILES string of the molecule is CC(C)CNC(=NCC(=O)N(C)C)NCC1CCCS1.I. The maximum Gasteiger partial charge on any atom is 0.243 e. The van der Waals surface area contributed by atoms with Crippen molar-refractivity contribution in [1.29, 1.82) is 0 Å². The summed E-state index contributed by atoms with van der Waals surface area (Å²) in [6, 6.07) is 0. The van der Waals surface area contributed by atoms with Crippen molar-refractivity contribution in [1.82, 2.24) is 15.5 Å². The predicted octanol–water partition coefficient (Wildman–Crippen LogP) is 1.78. The number of rotatable bonds is 6. The van der Waals surface area contributed by atoms with Crippen LogP contribution in [0.5, 0.6) is 0 Å². The molecule has 1 unspecified atom stereocenters. The van der Waals surface area contributed by atoms with E-state index in [1.807, 2.05) is 11.8 Å². The first-order valence-electron chi connectivity index (χ1n) is 7.33. The van der Waals surface area contributed by atoms with Crippen LogP contribution >= 0.6 is 35.7 Å². The first-order chi connectivity index (χ1) is 9.49. The number of carbonyl (C=O) groups excluding carboxylic acids is 1. The molecule has 1 heterocycles. The molecule has 0 aromatic heterocycles. The monoisotopic (exact) mass is 428 g/mol. The molecule has 7 heteroatoms. The first kappa shape index (κ1) is 20.8. The number of guanidine groups is 1. The van der Waals surface area contributed by atoms with Crippen LogP contribution in [0.25, 0.3) is 0 Å². The van der Waals surface area contributed by atoms with Gasteiger partial charge in [-0.05, 0) is 24.5 Å². The topological polar surface area (TPSA) is 56.7 Å². The zero-order chi connectivity index (χ0) is 15.0. The largest absolute Gasteiger partial charge is 0.356 e. The third-order valence-corrected chi connectivity index (χ3v) is 4.47. The standard InChI is InChI=1S/C14H28N4OS.HI/c1-11(2)8-15-14(17-10-13(19)18(3)4)16-9-12-6-5-7-20-12;/h11-12H,5-10H2,1-4H3,(H2,15,16,17);1H. The Morgan fingerprint density at radius 1 is 1.38 bits per heavy atom. The Labute approximate surface area is 150 Å². The molecule has 1 atom stereocenters. The van der Waals surface area contributed by atoms with Crippen LogP contribution in [0.15, 0.2) is 4.99 Å². The molecule has 1 rings (SSSR count). The highest BCUT2D eigenvalue weighted by Gasteiger charge is 2.15. The maximum atomic E-state index is 11.6. The maximum absolute atomic E-state index is 11.6. The quantitative estimate of drug-likeness (QED) is 0.385. The summed E-state index contributed by atoms with van der Waals surface area (Å²) < 4.78 is 0. The fourth-order valence-corrected chi connectivity index (χ4v) is 2.98. The number of amides is 1. The summed E-state index contributed by atoms with van der Waals surface area (Å²) in [4.78, 5) is 17.5. The van der Waals surface area contributed by atoms with Gasteiger partial charge < -0.3 is 15.5 Å². The molecule has 0 aromatic rings. The van der Waals surface area contributed by atoms with Crippen LogP contribution < -0.4 is 10.6 Å². The molecular weight excluding hydrogens is 399 g/mol. The second-order valence-electron chi connectivity index (χ2n) is 5.74. The van der Waals surface area contributed by atoms with Gasteiger partial charge in [0.1, 0.15) is 6.54 Å². The second kappa shape index (κ2) is 11.4. The molecule has 124 valence electrons. The molecule has 1 amide bonds. The van der Waals surface area contributed by atoms with Gasteiger partial charge in [0.15, 0.2) is 5.96 Å². The molecule has 0 radical (unpaired) electrons. The average molecular weight is 428 g/mol.